The van der Waals surface area contributed by atoms with E-state index in [-0.39, 0.29) is 12.0 Å². The molecule has 3 rings (SSSR count). The fourth-order valence-corrected chi connectivity index (χ4v) is 3.92. The molecule has 2 N–H and O–H groups in total. The fourth-order valence-electron chi connectivity index (χ4n) is 3.71. The van der Waals surface area contributed by atoms with Gasteiger partial charge in [0.15, 0.2) is 0 Å². The molecule has 0 radical (unpaired) electrons. The molecule has 0 bridgehead atoms. The number of amides is 1. The zero-order valence-corrected chi connectivity index (χ0v) is 17.5. The van der Waals surface area contributed by atoms with E-state index in [9.17, 15) is 4.79 Å². The number of unbranched alkanes of at least 4 members (excludes halogenated alkanes) is 2. The molecule has 0 saturated heterocycles. The second-order valence-electron chi connectivity index (χ2n) is 7.59. The summed E-state index contributed by atoms with van der Waals surface area (Å²) in [5.41, 5.74) is 3.06. The van der Waals surface area contributed by atoms with E-state index < -0.39 is 0 Å². The summed E-state index contributed by atoms with van der Waals surface area (Å²) >= 11 is 6.08. The van der Waals surface area contributed by atoms with Gasteiger partial charge in [0.2, 0.25) is 5.91 Å². The minimum atomic E-state index is -0.345. The van der Waals surface area contributed by atoms with E-state index in [2.05, 4.69) is 10.3 Å². The van der Waals surface area contributed by atoms with Crippen molar-refractivity contribution in [2.45, 2.75) is 69.9 Å². The van der Waals surface area contributed by atoms with Gasteiger partial charge in [0.25, 0.3) is 0 Å². The van der Waals surface area contributed by atoms with E-state index in [0.717, 1.165) is 57.1 Å². The van der Waals surface area contributed by atoms with E-state index in [4.69, 9.17) is 26.8 Å². The van der Waals surface area contributed by atoms with Gasteiger partial charge in [0, 0.05) is 18.7 Å². The molecule has 0 spiro atoms. The molecule has 1 saturated carbocycles. The Hall–Kier alpha value is -2.63. The number of nitrogens with zero attached hydrogens (tertiary/aromatic N) is 4. The van der Waals surface area contributed by atoms with Crippen LogP contribution in [0.1, 0.15) is 68.7 Å². The van der Waals surface area contributed by atoms with E-state index in [1.54, 1.807) is 23.7 Å². The van der Waals surface area contributed by atoms with Crippen LogP contribution < -0.4 is 10.2 Å². The first-order valence-electron chi connectivity index (χ1n) is 10.3. The predicted molar refractivity (Wildman–Crippen MR) is 110 cm³/mol. The second-order valence-corrected chi connectivity index (χ2v) is 7.99. The van der Waals surface area contributed by atoms with Crippen LogP contribution in [-0.2, 0) is 11.2 Å². The summed E-state index contributed by atoms with van der Waals surface area (Å²) in [6.45, 7) is 0. The molecule has 9 heteroatoms. The maximum absolute atomic E-state index is 11.0. The van der Waals surface area contributed by atoms with E-state index in [1.165, 1.54) is 0 Å². The first kappa shape index (κ1) is 22.1. The van der Waals surface area contributed by atoms with Crippen LogP contribution in [0.3, 0.4) is 0 Å². The Morgan fingerprint density at radius 3 is 2.80 bits per heavy atom. The molecule has 1 fully saturated rings. The zero-order chi connectivity index (χ0) is 21.3. The Labute approximate surface area is 180 Å². The molecule has 0 atom stereocenters. The lowest BCUT2D eigenvalue weighted by atomic mass is 9.93. The normalized spacial score (nSPS) is 18.6. The van der Waals surface area contributed by atoms with Gasteiger partial charge in [-0.1, -0.05) is 23.2 Å². The van der Waals surface area contributed by atoms with Crippen molar-refractivity contribution in [3.63, 3.8) is 0 Å². The number of ether oxygens (including phenoxy) is 1. The highest BCUT2D eigenvalue weighted by Gasteiger charge is 2.24. The number of aromatic nitrogens is 3. The Balaban J connectivity index is 1.40. The quantitative estimate of drug-likeness (QED) is 0.352. The van der Waals surface area contributed by atoms with Gasteiger partial charge >= 0.3 is 0 Å². The second kappa shape index (κ2) is 11.0. The molecule has 30 heavy (non-hydrogen) atoms. The highest BCUT2D eigenvalue weighted by molar-refractivity contribution is 6.31. The summed E-state index contributed by atoms with van der Waals surface area (Å²) in [4.78, 5) is 11.0. The molecule has 1 amide bonds. The molecule has 1 heterocycles. The van der Waals surface area contributed by atoms with Crippen molar-refractivity contribution in [2.75, 3.05) is 0 Å². The SMILES string of the molecule is N#Cc1ccc(OC2CCC(n3cc(CCCCCC(=O)NO)nn3)CC2)cc1Cl. The Kier molecular flexibility index (Phi) is 8.05. The monoisotopic (exact) mass is 431 g/mol. The number of nitriles is 1. The molecule has 160 valence electrons. The van der Waals surface area contributed by atoms with Crippen LogP contribution in [0.5, 0.6) is 5.75 Å². The first-order chi connectivity index (χ1) is 14.6. The van der Waals surface area contributed by atoms with Crippen molar-refractivity contribution in [1.29, 1.82) is 5.26 Å². The Morgan fingerprint density at radius 1 is 1.30 bits per heavy atom. The molecule has 1 aromatic carbocycles. The van der Waals surface area contributed by atoms with Gasteiger partial charge in [-0.3, -0.25) is 10.0 Å². The minimum Gasteiger partial charge on any atom is -0.490 e. The summed E-state index contributed by atoms with van der Waals surface area (Å²) < 4.78 is 8.00. The van der Waals surface area contributed by atoms with E-state index in [1.807, 2.05) is 16.9 Å². The predicted octanol–water partition coefficient (Wildman–Crippen LogP) is 3.97. The van der Waals surface area contributed by atoms with Gasteiger partial charge in [0.05, 0.1) is 28.4 Å². The van der Waals surface area contributed by atoms with Crippen LogP contribution in [-0.4, -0.2) is 32.2 Å². The number of hydrogen-bond donors (Lipinski definition) is 2. The van der Waals surface area contributed by atoms with Crippen molar-refractivity contribution >= 4 is 17.5 Å². The van der Waals surface area contributed by atoms with Crippen LogP contribution in [0, 0.1) is 11.3 Å². The molecule has 1 aliphatic carbocycles. The number of nitrogens with one attached hydrogen (secondary N) is 1. The van der Waals surface area contributed by atoms with Crippen molar-refractivity contribution < 1.29 is 14.7 Å². The fraction of sp³-hybridized carbons (Fsp3) is 0.524. The third kappa shape index (κ3) is 6.18. The summed E-state index contributed by atoms with van der Waals surface area (Å²) in [6, 6.07) is 7.54. The number of benzene rings is 1. The third-order valence-electron chi connectivity index (χ3n) is 5.40. The standard InChI is InChI=1S/C21H26ClN5O3/c22-20-12-19(9-6-15(20)13-23)30-18-10-7-17(8-11-18)27-14-16(24-26-27)4-2-1-3-5-21(28)25-29/h6,9,12,14,17-18,29H,1-5,7-8,10-11H2,(H,25,28). The lowest BCUT2D eigenvalue weighted by molar-refractivity contribution is -0.129. The highest BCUT2D eigenvalue weighted by Crippen LogP contribution is 2.31. The van der Waals surface area contributed by atoms with Gasteiger partial charge in [-0.05, 0) is 57.1 Å². The largest absolute Gasteiger partial charge is 0.490 e. The van der Waals surface area contributed by atoms with Crippen LogP contribution in [0.2, 0.25) is 5.02 Å². The van der Waals surface area contributed by atoms with Crippen LogP contribution in [0.15, 0.2) is 24.4 Å². The average molecular weight is 432 g/mol. The number of carbonyl (C=O) groups is 1. The molecule has 8 nitrogen and oxygen atoms in total. The summed E-state index contributed by atoms with van der Waals surface area (Å²) in [5.74, 6) is 0.352. The van der Waals surface area contributed by atoms with Gasteiger partial charge in [-0.2, -0.15) is 5.26 Å². The van der Waals surface area contributed by atoms with Gasteiger partial charge in [0.1, 0.15) is 11.8 Å². The number of carbonyl (C=O) groups excluding carboxylic acids is 1. The van der Waals surface area contributed by atoms with Crippen LogP contribution >= 0.6 is 11.6 Å². The van der Waals surface area contributed by atoms with Gasteiger partial charge in [-0.15, -0.1) is 5.10 Å². The summed E-state index contributed by atoms with van der Waals surface area (Å²) in [6.07, 6.45) is 9.68. The first-order valence-corrected chi connectivity index (χ1v) is 10.7. The minimum absolute atomic E-state index is 0.129. The number of rotatable bonds is 9. The highest BCUT2D eigenvalue weighted by atomic mass is 35.5. The van der Waals surface area contributed by atoms with Gasteiger partial charge < -0.3 is 4.74 Å². The zero-order valence-electron chi connectivity index (χ0n) is 16.8. The van der Waals surface area contributed by atoms with Crippen molar-refractivity contribution in [2.24, 2.45) is 0 Å². The van der Waals surface area contributed by atoms with Crippen molar-refractivity contribution in [1.82, 2.24) is 20.5 Å². The van der Waals surface area contributed by atoms with Crippen LogP contribution in [0.4, 0.5) is 0 Å². The Bertz CT molecular complexity index is 887. The van der Waals surface area contributed by atoms with Crippen LogP contribution in [0.25, 0.3) is 0 Å². The number of hydrogen-bond acceptors (Lipinski definition) is 6. The Morgan fingerprint density at radius 2 is 2.10 bits per heavy atom. The molecule has 0 unspecified atom stereocenters. The number of hydroxylamine groups is 1. The maximum Gasteiger partial charge on any atom is 0.243 e. The third-order valence-corrected chi connectivity index (χ3v) is 5.71. The molecule has 2 aromatic rings. The maximum atomic E-state index is 11.0. The molecular weight excluding hydrogens is 406 g/mol. The average Bonchev–Trinajstić information content (AvgIpc) is 3.23. The lowest BCUT2D eigenvalue weighted by Gasteiger charge is -2.28. The van der Waals surface area contributed by atoms with Gasteiger partial charge in [-0.25, -0.2) is 10.2 Å². The molecular formula is C21H26ClN5O3. The van der Waals surface area contributed by atoms with E-state index >= 15 is 0 Å². The number of halogens is 1. The molecule has 0 aliphatic heterocycles. The van der Waals surface area contributed by atoms with E-state index in [0.29, 0.717) is 28.8 Å². The molecule has 1 aromatic heterocycles. The topological polar surface area (TPSA) is 113 Å². The number of aryl methyl sites for hydroxylation is 1. The van der Waals surface area contributed by atoms with Crippen molar-refractivity contribution in [3.8, 4) is 11.8 Å². The van der Waals surface area contributed by atoms with Crippen molar-refractivity contribution in [3.05, 3.63) is 40.7 Å². The summed E-state index contributed by atoms with van der Waals surface area (Å²) in [5, 5.41) is 26.4. The summed E-state index contributed by atoms with van der Waals surface area (Å²) in [7, 11) is 0. The molecule has 1 aliphatic rings. The lowest BCUT2D eigenvalue weighted by Crippen LogP contribution is -2.26. The smallest absolute Gasteiger partial charge is 0.243 e.